The molecule has 1 aliphatic carbocycles. The van der Waals surface area contributed by atoms with E-state index in [-0.39, 0.29) is 11.9 Å². The van der Waals surface area contributed by atoms with Gasteiger partial charge in [0.1, 0.15) is 17.2 Å². The highest BCUT2D eigenvalue weighted by atomic mass is 16.5. The summed E-state index contributed by atoms with van der Waals surface area (Å²) in [7, 11) is 1.64. The molecule has 0 unspecified atom stereocenters. The van der Waals surface area contributed by atoms with Crippen molar-refractivity contribution in [3.63, 3.8) is 0 Å². The number of rotatable bonds is 7. The highest BCUT2D eigenvalue weighted by Crippen LogP contribution is 2.37. The predicted octanol–water partition coefficient (Wildman–Crippen LogP) is 5.12. The molecule has 184 valence electrons. The normalized spacial score (nSPS) is 15.1. The lowest BCUT2D eigenvalue weighted by molar-refractivity contribution is -0.125. The van der Waals surface area contributed by atoms with Crippen molar-refractivity contribution in [3.05, 3.63) is 73.0 Å². The molecular weight excluding hydrogens is 456 g/mol. The van der Waals surface area contributed by atoms with Crippen molar-refractivity contribution in [2.75, 3.05) is 25.5 Å². The van der Waals surface area contributed by atoms with Crippen LogP contribution in [0, 0.1) is 0 Å². The molecule has 5 rings (SSSR count). The lowest BCUT2D eigenvalue weighted by atomic mass is 9.96. The number of aromatic nitrogens is 1. The number of hydrogen-bond acceptors (Lipinski definition) is 5. The predicted molar refractivity (Wildman–Crippen MR) is 139 cm³/mol. The smallest absolute Gasteiger partial charge is 0.319 e. The number of nitrogens with one attached hydrogen (secondary N) is 2. The van der Waals surface area contributed by atoms with Crippen LogP contribution in [-0.4, -0.2) is 48.1 Å². The summed E-state index contributed by atoms with van der Waals surface area (Å²) in [5, 5.41) is 6.59. The van der Waals surface area contributed by atoms with Gasteiger partial charge in [0.2, 0.25) is 5.91 Å². The molecule has 2 N–H and O–H groups in total. The first-order valence-electron chi connectivity index (χ1n) is 12.0. The molecule has 0 atom stereocenters. The Balaban J connectivity index is 1.38. The van der Waals surface area contributed by atoms with Crippen molar-refractivity contribution < 1.29 is 19.1 Å². The monoisotopic (exact) mass is 484 g/mol. The minimum absolute atomic E-state index is 0.0691. The number of methoxy groups -OCH3 is 1. The third-order valence-corrected chi connectivity index (χ3v) is 6.32. The Bertz CT molecular complexity index is 1350. The van der Waals surface area contributed by atoms with Crippen molar-refractivity contribution in [2.24, 2.45) is 0 Å². The second-order valence-electron chi connectivity index (χ2n) is 8.85. The van der Waals surface area contributed by atoms with Gasteiger partial charge in [0.05, 0.1) is 12.6 Å². The highest BCUT2D eigenvalue weighted by Gasteiger charge is 2.23. The Morgan fingerprint density at radius 3 is 2.61 bits per heavy atom. The van der Waals surface area contributed by atoms with E-state index in [0.717, 1.165) is 40.6 Å². The Labute approximate surface area is 209 Å². The van der Waals surface area contributed by atoms with E-state index in [1.807, 2.05) is 42.5 Å². The van der Waals surface area contributed by atoms with Gasteiger partial charge in [-0.15, -0.1) is 0 Å². The molecule has 2 aromatic carbocycles. The summed E-state index contributed by atoms with van der Waals surface area (Å²) in [6, 6.07) is 13.1. The van der Waals surface area contributed by atoms with Crippen molar-refractivity contribution in [3.8, 4) is 17.2 Å². The Morgan fingerprint density at radius 2 is 1.94 bits per heavy atom. The maximum absolute atomic E-state index is 12.0. The van der Waals surface area contributed by atoms with E-state index in [1.165, 1.54) is 6.08 Å². The molecule has 8 heteroatoms. The zero-order valence-electron chi connectivity index (χ0n) is 20.1. The SMILES string of the molecule is C=CC(=O)N1CC=C(c2cc3c(Oc4ccc(NC(=O)NC5CC5)cc4)ccnc3cc2OC)CC1. The van der Waals surface area contributed by atoms with Crippen molar-refractivity contribution in [2.45, 2.75) is 25.3 Å². The van der Waals surface area contributed by atoms with E-state index < -0.39 is 0 Å². The molecule has 3 aromatic rings. The average Bonchev–Trinajstić information content (AvgIpc) is 3.72. The van der Waals surface area contributed by atoms with Crippen molar-refractivity contribution in [1.82, 2.24) is 15.2 Å². The molecule has 1 aliphatic heterocycles. The first-order chi connectivity index (χ1) is 17.5. The third kappa shape index (κ3) is 5.17. The van der Waals surface area contributed by atoms with Gasteiger partial charge in [0.25, 0.3) is 0 Å². The number of amides is 3. The summed E-state index contributed by atoms with van der Waals surface area (Å²) in [6.07, 6.45) is 7.89. The summed E-state index contributed by atoms with van der Waals surface area (Å²) >= 11 is 0. The summed E-state index contributed by atoms with van der Waals surface area (Å²) in [5.74, 6) is 1.96. The van der Waals surface area contributed by atoms with Crippen LogP contribution in [0.15, 0.2) is 67.4 Å². The van der Waals surface area contributed by atoms with E-state index in [9.17, 15) is 9.59 Å². The number of ether oxygens (including phenoxy) is 2. The van der Waals surface area contributed by atoms with Crippen LogP contribution in [0.1, 0.15) is 24.8 Å². The van der Waals surface area contributed by atoms with Gasteiger partial charge in [0, 0.05) is 48.0 Å². The second kappa shape index (κ2) is 10.1. The molecule has 8 nitrogen and oxygen atoms in total. The number of anilines is 1. The zero-order chi connectivity index (χ0) is 25.1. The van der Waals surface area contributed by atoms with Gasteiger partial charge in [-0.25, -0.2) is 4.79 Å². The number of urea groups is 1. The quantitative estimate of drug-likeness (QED) is 0.454. The molecule has 2 aliphatic rings. The number of benzene rings is 2. The first-order valence-corrected chi connectivity index (χ1v) is 12.0. The molecule has 0 saturated heterocycles. The maximum Gasteiger partial charge on any atom is 0.319 e. The highest BCUT2D eigenvalue weighted by molar-refractivity contribution is 5.92. The van der Waals surface area contributed by atoms with Gasteiger partial charge in [-0.1, -0.05) is 12.7 Å². The molecule has 0 bridgehead atoms. The van der Waals surface area contributed by atoms with Gasteiger partial charge >= 0.3 is 6.03 Å². The van der Waals surface area contributed by atoms with Crippen LogP contribution in [0.5, 0.6) is 17.2 Å². The molecule has 0 radical (unpaired) electrons. The van der Waals surface area contributed by atoms with E-state index >= 15 is 0 Å². The Hall–Kier alpha value is -4.33. The van der Waals surface area contributed by atoms with Crippen LogP contribution >= 0.6 is 0 Å². The lowest BCUT2D eigenvalue weighted by Gasteiger charge is -2.26. The van der Waals surface area contributed by atoms with E-state index in [0.29, 0.717) is 42.7 Å². The van der Waals surface area contributed by atoms with Gasteiger partial charge in [0.15, 0.2) is 0 Å². The fourth-order valence-electron chi connectivity index (χ4n) is 4.21. The van der Waals surface area contributed by atoms with Crippen molar-refractivity contribution in [1.29, 1.82) is 0 Å². The van der Waals surface area contributed by atoms with E-state index in [4.69, 9.17) is 9.47 Å². The number of carbonyl (C=O) groups is 2. The molecule has 1 aromatic heterocycles. The zero-order valence-corrected chi connectivity index (χ0v) is 20.1. The molecular formula is C28H28N4O4. The van der Waals surface area contributed by atoms with E-state index in [1.54, 1.807) is 18.2 Å². The van der Waals surface area contributed by atoms with Crippen LogP contribution < -0.4 is 20.1 Å². The second-order valence-corrected chi connectivity index (χ2v) is 8.85. The van der Waals surface area contributed by atoms with Crippen LogP contribution in [0.4, 0.5) is 10.5 Å². The summed E-state index contributed by atoms with van der Waals surface area (Å²) in [6.45, 7) is 4.72. The van der Waals surface area contributed by atoms with Gasteiger partial charge < -0.3 is 25.0 Å². The number of fused-ring (bicyclic) bond motifs is 1. The first kappa shape index (κ1) is 23.4. The maximum atomic E-state index is 12.0. The van der Waals surface area contributed by atoms with Gasteiger partial charge in [-0.3, -0.25) is 9.78 Å². The number of pyridine rings is 1. The van der Waals surface area contributed by atoms with Crippen LogP contribution in [0.25, 0.3) is 16.5 Å². The standard InChI is InChI=1S/C28H28N4O4/c1-3-27(33)32-14-11-18(12-15-32)22-16-23-24(17-26(22)35-2)29-13-10-25(23)36-21-8-6-20(7-9-21)31-28(34)30-19-4-5-19/h3,6-11,13,16-17,19H,1,4-5,12,14-15H2,2H3,(H2,30,31,34). The van der Waals surface area contributed by atoms with Crippen molar-refractivity contribution >= 4 is 34.1 Å². The lowest BCUT2D eigenvalue weighted by Crippen LogP contribution is -2.33. The summed E-state index contributed by atoms with van der Waals surface area (Å²) in [5.41, 5.74) is 3.51. The molecule has 1 saturated carbocycles. The fraction of sp³-hybridized carbons (Fsp3) is 0.250. The Kier molecular flexibility index (Phi) is 6.58. The molecule has 2 heterocycles. The number of hydrogen-bond donors (Lipinski definition) is 2. The topological polar surface area (TPSA) is 92.8 Å². The average molecular weight is 485 g/mol. The summed E-state index contributed by atoms with van der Waals surface area (Å²) < 4.78 is 11.9. The fourth-order valence-corrected chi connectivity index (χ4v) is 4.21. The number of nitrogens with zero attached hydrogens (tertiary/aromatic N) is 2. The van der Waals surface area contributed by atoms with Crippen LogP contribution in [0.3, 0.4) is 0 Å². The minimum atomic E-state index is -0.193. The van der Waals surface area contributed by atoms with Gasteiger partial charge in [-0.05, 0) is 67.3 Å². The third-order valence-electron chi connectivity index (χ3n) is 6.32. The minimum Gasteiger partial charge on any atom is -0.496 e. The van der Waals surface area contributed by atoms with E-state index in [2.05, 4.69) is 28.3 Å². The summed E-state index contributed by atoms with van der Waals surface area (Å²) in [4.78, 5) is 30.2. The number of carbonyl (C=O) groups excluding carboxylic acids is 2. The van der Waals surface area contributed by atoms with Crippen LogP contribution in [0.2, 0.25) is 0 Å². The molecule has 36 heavy (non-hydrogen) atoms. The molecule has 0 spiro atoms. The van der Waals surface area contributed by atoms with Gasteiger partial charge in [-0.2, -0.15) is 0 Å². The van der Waals surface area contributed by atoms with Crippen LogP contribution in [-0.2, 0) is 4.79 Å². The molecule has 1 fully saturated rings. The molecule has 3 amide bonds. The largest absolute Gasteiger partial charge is 0.496 e. The Morgan fingerprint density at radius 1 is 1.14 bits per heavy atom.